The Bertz CT molecular complexity index is 218. The van der Waals surface area contributed by atoms with Crippen molar-refractivity contribution in [1.29, 1.82) is 0 Å². The Hall–Kier alpha value is -0.470. The first-order valence-corrected chi connectivity index (χ1v) is 6.37. The number of aryl methyl sites for hydroxylation is 1. The quantitative estimate of drug-likeness (QED) is 0.605. The maximum Gasteiger partial charge on any atom is 0.00989 e. The molecule has 14 heavy (non-hydrogen) atoms. The minimum atomic E-state index is 1.05. The normalized spacial score (nSPS) is 9.14. The summed E-state index contributed by atoms with van der Waals surface area (Å²) < 4.78 is 3.23. The molecule has 1 aromatic carbocycles. The van der Waals surface area contributed by atoms with E-state index in [1.54, 1.807) is 11.9 Å². The van der Waals surface area contributed by atoms with Crippen molar-refractivity contribution in [2.75, 3.05) is 12.8 Å². The van der Waals surface area contributed by atoms with Crippen LogP contribution in [0.25, 0.3) is 0 Å². The van der Waals surface area contributed by atoms with Gasteiger partial charge in [0.25, 0.3) is 0 Å². The summed E-state index contributed by atoms with van der Waals surface area (Å²) >= 11 is 1.67. The van der Waals surface area contributed by atoms with Gasteiger partial charge in [-0.25, -0.2) is 0 Å². The molecule has 2 heteroatoms. The molecule has 1 rings (SSSR count). The molecular weight excluding hydrogens is 190 g/mol. The second kappa shape index (κ2) is 9.10. The standard InChI is InChI=1S/C10H15NS.C2H6/c1-9-3-5-10(6-4-9)7-8-11-12-2;1-2/h3-6,11H,7-8H2,1-2H3;1-2H3. The summed E-state index contributed by atoms with van der Waals surface area (Å²) in [4.78, 5) is 0. The summed E-state index contributed by atoms with van der Waals surface area (Å²) in [6.07, 6.45) is 3.16. The van der Waals surface area contributed by atoms with Gasteiger partial charge in [-0.15, -0.1) is 0 Å². The fourth-order valence-corrected chi connectivity index (χ4v) is 1.36. The smallest absolute Gasteiger partial charge is 0.00989 e. The largest absolute Gasteiger partial charge is 0.264 e. The van der Waals surface area contributed by atoms with Crippen molar-refractivity contribution in [2.24, 2.45) is 0 Å². The molecule has 0 aliphatic rings. The molecular formula is C12H21NS. The average Bonchev–Trinajstić information content (AvgIpc) is 2.24. The number of hydrogen-bond donors (Lipinski definition) is 1. The molecule has 1 aromatic rings. The first kappa shape index (κ1) is 13.5. The van der Waals surface area contributed by atoms with Gasteiger partial charge in [-0.3, -0.25) is 4.72 Å². The minimum Gasteiger partial charge on any atom is -0.264 e. The van der Waals surface area contributed by atoms with Crippen molar-refractivity contribution in [3.8, 4) is 0 Å². The van der Waals surface area contributed by atoms with Crippen LogP contribution in [0.5, 0.6) is 0 Å². The third kappa shape index (κ3) is 6.06. The average molecular weight is 211 g/mol. The highest BCUT2D eigenvalue weighted by atomic mass is 32.2. The van der Waals surface area contributed by atoms with Gasteiger partial charge in [0.2, 0.25) is 0 Å². The molecule has 1 N–H and O–H groups in total. The Morgan fingerprint density at radius 3 is 2.21 bits per heavy atom. The van der Waals surface area contributed by atoms with Gasteiger partial charge in [0.1, 0.15) is 0 Å². The molecule has 0 spiro atoms. The van der Waals surface area contributed by atoms with E-state index < -0.39 is 0 Å². The van der Waals surface area contributed by atoms with Crippen LogP contribution in [-0.4, -0.2) is 12.8 Å². The zero-order chi connectivity index (χ0) is 10.8. The van der Waals surface area contributed by atoms with Crippen LogP contribution >= 0.6 is 11.9 Å². The van der Waals surface area contributed by atoms with Crippen molar-refractivity contribution < 1.29 is 0 Å². The van der Waals surface area contributed by atoms with Gasteiger partial charge in [-0.05, 0) is 25.2 Å². The molecule has 0 saturated carbocycles. The van der Waals surface area contributed by atoms with Gasteiger partial charge in [0.15, 0.2) is 0 Å². The zero-order valence-electron chi connectivity index (χ0n) is 9.63. The molecule has 0 aliphatic heterocycles. The third-order valence-electron chi connectivity index (χ3n) is 1.78. The molecule has 0 unspecified atom stereocenters. The van der Waals surface area contributed by atoms with E-state index in [4.69, 9.17) is 0 Å². The second-order valence-corrected chi connectivity index (χ2v) is 3.53. The monoisotopic (exact) mass is 211 g/mol. The Kier molecular flexibility index (Phi) is 8.79. The zero-order valence-corrected chi connectivity index (χ0v) is 10.4. The lowest BCUT2D eigenvalue weighted by Gasteiger charge is -2.01. The Balaban J connectivity index is 0.000000791. The predicted molar refractivity (Wildman–Crippen MR) is 67.7 cm³/mol. The molecule has 0 aliphatic carbocycles. The van der Waals surface area contributed by atoms with Crippen molar-refractivity contribution >= 4 is 11.9 Å². The maximum atomic E-state index is 3.23. The second-order valence-electron chi connectivity index (χ2n) is 2.83. The van der Waals surface area contributed by atoms with Crippen LogP contribution in [0.2, 0.25) is 0 Å². The lowest BCUT2D eigenvalue weighted by molar-refractivity contribution is 0.909. The van der Waals surface area contributed by atoms with Gasteiger partial charge < -0.3 is 0 Å². The molecule has 0 radical (unpaired) electrons. The van der Waals surface area contributed by atoms with Gasteiger partial charge in [0.05, 0.1) is 0 Å². The number of rotatable bonds is 4. The van der Waals surface area contributed by atoms with Gasteiger partial charge in [-0.2, -0.15) is 0 Å². The van der Waals surface area contributed by atoms with Crippen LogP contribution < -0.4 is 4.72 Å². The molecule has 1 nitrogen and oxygen atoms in total. The van der Waals surface area contributed by atoms with E-state index in [0.717, 1.165) is 13.0 Å². The number of nitrogens with one attached hydrogen (secondary N) is 1. The Morgan fingerprint density at radius 2 is 1.71 bits per heavy atom. The van der Waals surface area contributed by atoms with Crippen LogP contribution in [0.15, 0.2) is 24.3 Å². The first-order valence-electron chi connectivity index (χ1n) is 5.14. The van der Waals surface area contributed by atoms with Crippen LogP contribution in [0.4, 0.5) is 0 Å². The van der Waals surface area contributed by atoms with Crippen LogP contribution in [-0.2, 0) is 6.42 Å². The maximum absolute atomic E-state index is 3.23. The molecule has 0 aromatic heterocycles. The van der Waals surface area contributed by atoms with Crippen LogP contribution in [0, 0.1) is 6.92 Å². The summed E-state index contributed by atoms with van der Waals surface area (Å²) in [5.74, 6) is 0. The SMILES string of the molecule is CC.CSNCCc1ccc(C)cc1. The molecule has 0 bridgehead atoms. The molecule has 0 fully saturated rings. The van der Waals surface area contributed by atoms with E-state index >= 15 is 0 Å². The van der Waals surface area contributed by atoms with E-state index in [9.17, 15) is 0 Å². The molecule has 0 saturated heterocycles. The lowest BCUT2D eigenvalue weighted by Crippen LogP contribution is -2.07. The van der Waals surface area contributed by atoms with E-state index in [1.807, 2.05) is 13.8 Å². The highest BCUT2D eigenvalue weighted by Crippen LogP contribution is 2.03. The highest BCUT2D eigenvalue weighted by Gasteiger charge is 1.90. The van der Waals surface area contributed by atoms with Crippen molar-refractivity contribution in [3.63, 3.8) is 0 Å². The van der Waals surface area contributed by atoms with E-state index in [1.165, 1.54) is 11.1 Å². The summed E-state index contributed by atoms with van der Waals surface area (Å²) in [6, 6.07) is 8.71. The van der Waals surface area contributed by atoms with E-state index in [2.05, 4.69) is 42.2 Å². The fourth-order valence-electron chi connectivity index (χ4n) is 1.05. The summed E-state index contributed by atoms with van der Waals surface area (Å²) in [5.41, 5.74) is 2.73. The Morgan fingerprint density at radius 1 is 1.14 bits per heavy atom. The topological polar surface area (TPSA) is 12.0 Å². The van der Waals surface area contributed by atoms with Crippen molar-refractivity contribution in [1.82, 2.24) is 4.72 Å². The molecule has 0 amide bonds. The summed E-state index contributed by atoms with van der Waals surface area (Å²) in [6.45, 7) is 7.16. The third-order valence-corrected chi connectivity index (χ3v) is 2.27. The minimum absolute atomic E-state index is 1.05. The fraction of sp³-hybridized carbons (Fsp3) is 0.500. The van der Waals surface area contributed by atoms with E-state index in [0.29, 0.717) is 0 Å². The molecule has 80 valence electrons. The molecule has 0 heterocycles. The highest BCUT2D eigenvalue weighted by molar-refractivity contribution is 7.96. The lowest BCUT2D eigenvalue weighted by atomic mass is 10.1. The van der Waals surface area contributed by atoms with Crippen LogP contribution in [0.1, 0.15) is 25.0 Å². The Labute approximate surface area is 92.4 Å². The van der Waals surface area contributed by atoms with Gasteiger partial charge in [0, 0.05) is 6.54 Å². The summed E-state index contributed by atoms with van der Waals surface area (Å²) in [5, 5.41) is 0. The number of benzene rings is 1. The van der Waals surface area contributed by atoms with Crippen molar-refractivity contribution in [3.05, 3.63) is 35.4 Å². The molecule has 0 atom stereocenters. The van der Waals surface area contributed by atoms with Gasteiger partial charge in [-0.1, -0.05) is 55.6 Å². The van der Waals surface area contributed by atoms with Crippen molar-refractivity contribution in [2.45, 2.75) is 27.2 Å². The summed E-state index contributed by atoms with van der Waals surface area (Å²) in [7, 11) is 0. The first-order chi connectivity index (χ1) is 6.83. The number of hydrogen-bond acceptors (Lipinski definition) is 2. The van der Waals surface area contributed by atoms with E-state index in [-0.39, 0.29) is 0 Å². The van der Waals surface area contributed by atoms with Crippen LogP contribution in [0.3, 0.4) is 0 Å². The predicted octanol–water partition coefficient (Wildman–Crippen LogP) is 3.43. The van der Waals surface area contributed by atoms with Gasteiger partial charge >= 0.3 is 0 Å².